The molecule has 0 bridgehead atoms. The molecule has 5 nitrogen and oxygen atoms in total. The maximum Gasteiger partial charge on any atom is 0.291 e. The number of amides is 1. The van der Waals surface area contributed by atoms with Crippen LogP contribution in [-0.4, -0.2) is 22.5 Å². The summed E-state index contributed by atoms with van der Waals surface area (Å²) in [6.07, 6.45) is -0.925. The van der Waals surface area contributed by atoms with Crippen molar-refractivity contribution in [1.82, 2.24) is 4.90 Å². The van der Waals surface area contributed by atoms with Crippen molar-refractivity contribution in [2.45, 2.75) is 12.1 Å². The molecule has 0 saturated carbocycles. The van der Waals surface area contributed by atoms with Gasteiger partial charge in [0.1, 0.15) is 5.58 Å². The molecule has 0 spiro atoms. The van der Waals surface area contributed by atoms with Gasteiger partial charge in [0.2, 0.25) is 5.76 Å². The largest absolute Gasteiger partial charge is 0.450 e. The van der Waals surface area contributed by atoms with E-state index in [1.165, 1.54) is 4.90 Å². The van der Waals surface area contributed by atoms with Crippen LogP contribution in [0.3, 0.4) is 0 Å². The van der Waals surface area contributed by atoms with Crippen LogP contribution in [-0.2, 0) is 0 Å². The average Bonchev–Trinajstić information content (AvgIpc) is 3.06. The monoisotopic (exact) mass is 431 g/mol. The molecule has 3 aromatic carbocycles. The molecule has 1 amide bonds. The van der Waals surface area contributed by atoms with E-state index in [9.17, 15) is 14.7 Å². The lowest BCUT2D eigenvalue weighted by molar-refractivity contribution is 0.0583. The number of benzene rings is 3. The summed E-state index contributed by atoms with van der Waals surface area (Å²) in [5.74, 6) is -0.424. The zero-order valence-corrected chi connectivity index (χ0v) is 17.1. The van der Waals surface area contributed by atoms with Gasteiger partial charge in [0.25, 0.3) is 5.91 Å². The minimum atomic E-state index is -0.925. The molecule has 0 saturated heterocycles. The molecule has 5 rings (SSSR count). The molecular formula is C25H18ClNO4. The van der Waals surface area contributed by atoms with E-state index in [2.05, 4.69) is 0 Å². The van der Waals surface area contributed by atoms with E-state index in [0.717, 1.165) is 0 Å². The number of rotatable bonds is 4. The van der Waals surface area contributed by atoms with Gasteiger partial charge in [-0.25, -0.2) is 0 Å². The van der Waals surface area contributed by atoms with E-state index in [0.29, 0.717) is 27.1 Å². The van der Waals surface area contributed by atoms with Gasteiger partial charge in [-0.1, -0.05) is 66.2 Å². The van der Waals surface area contributed by atoms with Gasteiger partial charge < -0.3 is 14.4 Å². The first-order chi connectivity index (χ1) is 15.0. The molecule has 4 aromatic rings. The summed E-state index contributed by atoms with van der Waals surface area (Å²) in [5.41, 5.74) is 1.73. The number of hydrogen-bond donors (Lipinski definition) is 1. The van der Waals surface area contributed by atoms with E-state index in [-0.39, 0.29) is 23.3 Å². The summed E-state index contributed by atoms with van der Waals surface area (Å²) >= 11 is 6.22. The number of carbonyl (C=O) groups excluding carboxylic acids is 1. The first kappa shape index (κ1) is 19.5. The summed E-state index contributed by atoms with van der Waals surface area (Å²) in [5, 5.41) is 11.7. The highest BCUT2D eigenvalue weighted by atomic mass is 35.5. The smallest absolute Gasteiger partial charge is 0.291 e. The molecule has 0 fully saturated rings. The highest BCUT2D eigenvalue weighted by Crippen LogP contribution is 2.39. The Kier molecular flexibility index (Phi) is 4.85. The van der Waals surface area contributed by atoms with E-state index >= 15 is 0 Å². The van der Waals surface area contributed by atoms with Crippen LogP contribution in [0, 0.1) is 0 Å². The Balaban J connectivity index is 1.68. The van der Waals surface area contributed by atoms with Crippen molar-refractivity contribution < 1.29 is 14.3 Å². The Bertz CT molecular complexity index is 1350. The van der Waals surface area contributed by atoms with Crippen molar-refractivity contribution in [3.05, 3.63) is 117 Å². The molecule has 2 unspecified atom stereocenters. The average molecular weight is 432 g/mol. The second kappa shape index (κ2) is 7.69. The van der Waals surface area contributed by atoms with Crippen LogP contribution in [0.5, 0.6) is 0 Å². The molecule has 0 radical (unpaired) electrons. The number of aliphatic hydroxyl groups is 1. The lowest BCUT2D eigenvalue weighted by Gasteiger charge is -2.27. The SMILES string of the molecule is O=C1c2oc3ccccc3c(=O)c2C(c2cccc(Cl)c2)N1CC(O)c1ccccc1. The number of halogens is 1. The lowest BCUT2D eigenvalue weighted by Crippen LogP contribution is -2.33. The molecule has 1 aliphatic heterocycles. The topological polar surface area (TPSA) is 70.8 Å². The van der Waals surface area contributed by atoms with Crippen LogP contribution in [0.4, 0.5) is 0 Å². The number of hydrogen-bond acceptors (Lipinski definition) is 4. The van der Waals surface area contributed by atoms with E-state index in [4.69, 9.17) is 16.0 Å². The Labute approximate surface area is 183 Å². The zero-order valence-electron chi connectivity index (χ0n) is 16.4. The fourth-order valence-electron chi connectivity index (χ4n) is 4.15. The summed E-state index contributed by atoms with van der Waals surface area (Å²) in [6, 6.07) is 22.3. The quantitative estimate of drug-likeness (QED) is 0.507. The lowest BCUT2D eigenvalue weighted by atomic mass is 9.98. The molecule has 6 heteroatoms. The molecule has 1 N–H and O–H groups in total. The Morgan fingerprint density at radius 3 is 2.48 bits per heavy atom. The Morgan fingerprint density at radius 1 is 0.968 bits per heavy atom. The number of nitrogens with zero attached hydrogens (tertiary/aromatic N) is 1. The maximum absolute atomic E-state index is 13.4. The van der Waals surface area contributed by atoms with Gasteiger partial charge in [-0.2, -0.15) is 0 Å². The minimum Gasteiger partial charge on any atom is -0.450 e. The predicted octanol–water partition coefficient (Wildman–Crippen LogP) is 4.73. The summed E-state index contributed by atoms with van der Waals surface area (Å²) in [6.45, 7) is 0.0000118. The van der Waals surface area contributed by atoms with E-state index < -0.39 is 18.1 Å². The normalized spacial score (nSPS) is 16.5. The van der Waals surface area contributed by atoms with Gasteiger partial charge in [0.15, 0.2) is 5.43 Å². The van der Waals surface area contributed by atoms with Gasteiger partial charge >= 0.3 is 0 Å². The summed E-state index contributed by atoms with van der Waals surface area (Å²) in [4.78, 5) is 28.3. The Hall–Kier alpha value is -3.41. The van der Waals surface area contributed by atoms with Crippen molar-refractivity contribution in [3.63, 3.8) is 0 Å². The molecule has 2 heterocycles. The third kappa shape index (κ3) is 3.32. The van der Waals surface area contributed by atoms with Crippen molar-refractivity contribution in [1.29, 1.82) is 0 Å². The van der Waals surface area contributed by atoms with Gasteiger partial charge in [-0.15, -0.1) is 0 Å². The highest BCUT2D eigenvalue weighted by molar-refractivity contribution is 6.30. The number of aliphatic hydroxyl groups excluding tert-OH is 1. The molecule has 1 aliphatic rings. The van der Waals surface area contributed by atoms with Crippen LogP contribution in [0.25, 0.3) is 11.0 Å². The number of β-amino-alcohol motifs (C(OH)–C–C–N with tert-alkyl or cyclic N) is 1. The van der Waals surface area contributed by atoms with Gasteiger partial charge in [-0.05, 0) is 35.4 Å². The molecule has 0 aliphatic carbocycles. The standard InChI is InChI=1S/C25H18ClNO4/c26-17-10-6-9-16(13-17)22-21-23(29)18-11-4-5-12-20(18)31-24(21)25(30)27(22)14-19(28)15-7-2-1-3-8-15/h1-13,19,22,28H,14H2. The van der Waals surface area contributed by atoms with Crippen LogP contribution in [0.2, 0.25) is 5.02 Å². The van der Waals surface area contributed by atoms with Gasteiger partial charge in [0.05, 0.1) is 29.6 Å². The first-order valence-electron chi connectivity index (χ1n) is 9.90. The fraction of sp³-hybridized carbons (Fsp3) is 0.120. The number of para-hydroxylation sites is 1. The van der Waals surface area contributed by atoms with Crippen molar-refractivity contribution >= 4 is 28.5 Å². The van der Waals surface area contributed by atoms with Crippen LogP contribution in [0.1, 0.15) is 39.4 Å². The molecular weight excluding hydrogens is 414 g/mol. The maximum atomic E-state index is 13.4. The third-order valence-electron chi connectivity index (χ3n) is 5.59. The molecule has 31 heavy (non-hydrogen) atoms. The molecule has 154 valence electrons. The van der Waals surface area contributed by atoms with E-state index in [1.54, 1.807) is 54.6 Å². The number of fused-ring (bicyclic) bond motifs is 2. The van der Waals surface area contributed by atoms with Gasteiger partial charge in [-0.3, -0.25) is 9.59 Å². The van der Waals surface area contributed by atoms with E-state index in [1.807, 2.05) is 24.3 Å². The second-order valence-electron chi connectivity index (χ2n) is 7.51. The summed E-state index contributed by atoms with van der Waals surface area (Å²) < 4.78 is 5.89. The molecule has 1 aromatic heterocycles. The van der Waals surface area contributed by atoms with Crippen molar-refractivity contribution in [2.75, 3.05) is 6.54 Å². The third-order valence-corrected chi connectivity index (χ3v) is 5.83. The zero-order chi connectivity index (χ0) is 21.5. The van der Waals surface area contributed by atoms with Crippen LogP contribution in [0.15, 0.2) is 88.1 Å². The van der Waals surface area contributed by atoms with Crippen LogP contribution < -0.4 is 5.43 Å². The first-order valence-corrected chi connectivity index (χ1v) is 10.3. The van der Waals surface area contributed by atoms with Crippen molar-refractivity contribution in [3.8, 4) is 0 Å². The van der Waals surface area contributed by atoms with Crippen LogP contribution >= 0.6 is 11.6 Å². The minimum absolute atomic E-state index is 0.0000118. The molecule has 2 atom stereocenters. The van der Waals surface area contributed by atoms with Gasteiger partial charge in [0, 0.05) is 5.02 Å². The second-order valence-corrected chi connectivity index (χ2v) is 7.95. The predicted molar refractivity (Wildman–Crippen MR) is 118 cm³/mol. The highest BCUT2D eigenvalue weighted by Gasteiger charge is 2.43. The van der Waals surface area contributed by atoms with Crippen molar-refractivity contribution in [2.24, 2.45) is 0 Å². The Morgan fingerprint density at radius 2 is 1.71 bits per heavy atom. The summed E-state index contributed by atoms with van der Waals surface area (Å²) in [7, 11) is 0. The number of carbonyl (C=O) groups is 1. The fourth-order valence-corrected chi connectivity index (χ4v) is 4.34.